The van der Waals surface area contributed by atoms with E-state index in [-0.39, 0.29) is 22.2 Å². The minimum atomic E-state index is -0.432. The third-order valence-electron chi connectivity index (χ3n) is 33.9. The fraction of sp³-hybridized carbons (Fsp3) is 0.112. The molecule has 110 heavy (non-hydrogen) atoms. The van der Waals surface area contributed by atoms with Crippen LogP contribution < -0.4 is 10.2 Å². The minimum Gasteiger partial charge on any atom is -0.322 e. The van der Waals surface area contributed by atoms with Crippen molar-refractivity contribution in [1.82, 2.24) is 0 Å². The molecule has 1 amide bonds. The number of carbonyl (C=O) groups is 1. The molecule has 490 valence electrons. The largest absolute Gasteiger partial charge is 0.322 e. The Labute approximate surface area is 618 Å². The molecule has 0 aromatic heterocycles. The van der Waals surface area contributed by atoms with Crippen LogP contribution in [0.2, 0.25) is 0 Å². The van der Waals surface area contributed by atoms with Crippen LogP contribution in [0.5, 0.6) is 0 Å². The number of anilines is 4. The van der Waals surface area contributed by atoms with Crippen molar-refractivity contribution in [2.45, 2.75) is 76.0 Å². The molecular formula is C107H46N2O. The SMILES string of the molecule is CC(C)(C)c1ccc(-c2ccc(N(c3ccc(NC(=O)c4ccc5c(c4)CC46c7c8c9c%10c%11c%12c(c%13c%14c4c4c7c7c%15c8c8c9c9c%11c%11c%16c%12c%12c%13c%13c%14c%14c4c4c7c7c%15c%15c8c8c9c%11c9c%11c%16c%12c%12c%13c%13c%14c4c4c7c7c%15c8c9c8c%11c%12c%13c4c78)C%106C5)cc3)c3ccc(-c4ccc(C(C)(C)C)cc4)cc3)cc2)cc1. The van der Waals surface area contributed by atoms with Crippen LogP contribution in [0.1, 0.15) is 96.4 Å². The summed E-state index contributed by atoms with van der Waals surface area (Å²) in [5.41, 5.74) is 21.0. The third kappa shape index (κ3) is 3.76. The number of hydrogen-bond acceptors (Lipinski definition) is 2. The summed E-state index contributed by atoms with van der Waals surface area (Å²) in [6.07, 6.45) is 1.77. The molecule has 0 fully saturated rings. The first kappa shape index (κ1) is 49.8. The second kappa shape index (κ2) is 13.2. The Morgan fingerprint density at radius 2 is 0.464 bits per heavy atom. The highest BCUT2D eigenvalue weighted by Crippen LogP contribution is 2.86. The van der Waals surface area contributed by atoms with Crippen LogP contribution in [0.15, 0.2) is 140 Å². The molecule has 3 nitrogen and oxygen atoms in total. The van der Waals surface area contributed by atoms with Crippen LogP contribution in [-0.4, -0.2) is 5.91 Å². The van der Waals surface area contributed by atoms with Crippen molar-refractivity contribution in [3.8, 4) is 22.3 Å². The van der Waals surface area contributed by atoms with Crippen molar-refractivity contribution in [3.05, 3.63) is 190 Å². The van der Waals surface area contributed by atoms with Gasteiger partial charge in [0.2, 0.25) is 0 Å². The van der Waals surface area contributed by atoms with Gasteiger partial charge in [-0.2, -0.15) is 0 Å². The summed E-state index contributed by atoms with van der Waals surface area (Å²) in [5, 5.41) is 91.3. The van der Waals surface area contributed by atoms with Crippen molar-refractivity contribution in [3.63, 3.8) is 0 Å². The van der Waals surface area contributed by atoms with Gasteiger partial charge in [0.1, 0.15) is 0 Å². The normalized spacial score (nSPS) is 18.7. The van der Waals surface area contributed by atoms with Gasteiger partial charge in [-0.25, -0.2) is 0 Å². The minimum absolute atomic E-state index is 0.0618. The van der Waals surface area contributed by atoms with Crippen LogP contribution >= 0.6 is 0 Å². The van der Waals surface area contributed by atoms with Crippen LogP contribution in [0.3, 0.4) is 0 Å². The molecule has 0 unspecified atom stereocenters. The van der Waals surface area contributed by atoms with E-state index in [4.69, 9.17) is 0 Å². The van der Waals surface area contributed by atoms with E-state index >= 15 is 4.79 Å². The Morgan fingerprint density at radius 1 is 0.255 bits per heavy atom. The molecule has 0 saturated carbocycles. The summed E-state index contributed by atoms with van der Waals surface area (Å²) >= 11 is 0. The molecule has 5 aliphatic carbocycles. The average molecular weight is 1380 g/mol. The zero-order valence-corrected chi connectivity index (χ0v) is 60.0. The molecule has 34 aromatic carbocycles. The Kier molecular flexibility index (Phi) is 6.00. The molecule has 0 saturated heterocycles. The first-order valence-corrected chi connectivity index (χ1v) is 40.4. The summed E-state index contributed by atoms with van der Waals surface area (Å²) < 4.78 is 0. The lowest BCUT2D eigenvalue weighted by Gasteiger charge is -2.57. The number of amides is 1. The fourth-order valence-corrected chi connectivity index (χ4v) is 31.2. The second-order valence-corrected chi connectivity index (χ2v) is 39.0. The number of rotatable bonds is 7. The summed E-state index contributed by atoms with van der Waals surface area (Å²) in [7, 11) is 0. The molecule has 0 aliphatic heterocycles. The number of fused-ring (bicyclic) bond motifs is 1. The molecule has 5 aliphatic rings. The average Bonchev–Trinajstić information content (AvgIpc) is 1.38. The number of benzene rings is 24. The topological polar surface area (TPSA) is 32.3 Å². The predicted octanol–water partition coefficient (Wildman–Crippen LogP) is 28.7. The van der Waals surface area contributed by atoms with E-state index < -0.39 is 5.41 Å². The van der Waals surface area contributed by atoms with Gasteiger partial charge in [0.25, 0.3) is 5.91 Å². The maximum absolute atomic E-state index is 15.7. The van der Waals surface area contributed by atoms with E-state index in [1.165, 1.54) is 44.5 Å². The van der Waals surface area contributed by atoms with E-state index in [2.05, 4.69) is 191 Å². The third-order valence-corrected chi connectivity index (χ3v) is 33.9. The zero-order chi connectivity index (χ0) is 69.5. The van der Waals surface area contributed by atoms with Crippen molar-refractivity contribution < 1.29 is 4.79 Å². The van der Waals surface area contributed by atoms with E-state index in [1.54, 1.807) is 313 Å². The number of nitrogens with one attached hydrogen (secondary N) is 1. The molecule has 3 heteroatoms. The second-order valence-electron chi connectivity index (χ2n) is 39.0. The van der Waals surface area contributed by atoms with Gasteiger partial charge >= 0.3 is 0 Å². The summed E-state index contributed by atoms with van der Waals surface area (Å²) in [4.78, 5) is 18.1. The maximum atomic E-state index is 15.7. The van der Waals surface area contributed by atoms with Crippen LogP contribution in [0.25, 0.3) is 313 Å². The van der Waals surface area contributed by atoms with Crippen molar-refractivity contribution >= 4 is 320 Å². The van der Waals surface area contributed by atoms with Crippen LogP contribution in [0.4, 0.5) is 22.7 Å². The van der Waals surface area contributed by atoms with Crippen molar-refractivity contribution in [1.29, 1.82) is 0 Å². The lowest BCUT2D eigenvalue weighted by Crippen LogP contribution is -2.56. The first-order valence-electron chi connectivity index (χ1n) is 40.4. The summed E-state index contributed by atoms with van der Waals surface area (Å²) in [6, 6.07) is 51.8. The van der Waals surface area contributed by atoms with Crippen LogP contribution in [-0.2, 0) is 34.5 Å². The van der Waals surface area contributed by atoms with E-state index in [9.17, 15) is 0 Å². The molecular weight excluding hydrogens is 1330 g/mol. The molecule has 2 spiro atoms. The van der Waals surface area contributed by atoms with Crippen molar-refractivity contribution in [2.24, 2.45) is 0 Å². The van der Waals surface area contributed by atoms with Gasteiger partial charge in [-0.1, -0.05) is 120 Å². The number of hydrogen-bond donors (Lipinski definition) is 1. The smallest absolute Gasteiger partial charge is 0.255 e. The van der Waals surface area contributed by atoms with Gasteiger partial charge < -0.3 is 10.2 Å². The summed E-state index contributed by atoms with van der Waals surface area (Å²) in [6.45, 7) is 13.6. The Morgan fingerprint density at radius 3 is 0.700 bits per heavy atom. The maximum Gasteiger partial charge on any atom is 0.255 e. The van der Waals surface area contributed by atoms with Gasteiger partial charge in [-0.3, -0.25) is 4.79 Å². The predicted molar refractivity (Wildman–Crippen MR) is 465 cm³/mol. The van der Waals surface area contributed by atoms with E-state index in [0.717, 1.165) is 41.2 Å². The monoisotopic (exact) mass is 1370 g/mol. The first-order chi connectivity index (χ1) is 53.9. The standard InChI is InChI=1S/C107H46N2O/c1-104(2,3)39-17-9-32(10-18-39)34-13-23-42(24-14-34)109(43-25-15-35(16-26-43)33-11-19-40(20-12-33)105(4,5)6)44-27-21-41(22-28-44)108-103(110)36-7-8-37-30-106-99-91-83-73-63-55-47-45-46-49-53-51(47)59-67-61(53)71-65-57(49)58-50(46)54-52-48(45)56(55)64-70-60(52)68-62(54)72-66(58)76-75(65)85-79(71)89-81(67)87(77(83)69(59)63)95(99)97(89)101-93(85)94-86(76)80(72)90-82(68)88-78(70)84(74(64)73)92(91)100(106)96(88)98(90)102(94)107(101,106)31-38(37)29-36/h7-29H,30-31H2,1-6H3,(H,108,110). The highest BCUT2D eigenvalue weighted by Gasteiger charge is 2.71. The van der Waals surface area contributed by atoms with E-state index in [0.29, 0.717) is 0 Å². The van der Waals surface area contributed by atoms with Gasteiger partial charge in [0.15, 0.2) is 0 Å². The molecule has 0 heterocycles. The van der Waals surface area contributed by atoms with Crippen LogP contribution in [0, 0.1) is 0 Å². The Balaban J connectivity index is 0.580. The lowest BCUT2D eigenvalue weighted by molar-refractivity contribution is 0.102. The molecule has 0 radical (unpaired) electrons. The molecule has 34 aromatic rings. The van der Waals surface area contributed by atoms with Gasteiger partial charge in [-0.05, 0) is 442 Å². The number of nitrogens with zero attached hydrogens (tertiary/aromatic N) is 1. The summed E-state index contributed by atoms with van der Waals surface area (Å²) in [5.74, 6) is -0.0618. The molecule has 0 atom stereocenters. The van der Waals surface area contributed by atoms with Crippen molar-refractivity contribution in [2.75, 3.05) is 10.2 Å². The molecule has 39 rings (SSSR count). The van der Waals surface area contributed by atoms with Gasteiger partial charge in [0, 0.05) is 39.1 Å². The quantitative estimate of drug-likeness (QED) is 0.161. The van der Waals surface area contributed by atoms with E-state index in [1.807, 2.05) is 0 Å². The molecule has 0 bridgehead atoms. The highest BCUT2D eigenvalue weighted by atomic mass is 16.1. The lowest BCUT2D eigenvalue weighted by atomic mass is 9.43. The van der Waals surface area contributed by atoms with Gasteiger partial charge in [0.05, 0.1) is 0 Å². The number of carbonyl (C=O) groups excluding carboxylic acids is 1. The highest BCUT2D eigenvalue weighted by molar-refractivity contribution is 6.82. The van der Waals surface area contributed by atoms with Gasteiger partial charge in [-0.15, -0.1) is 0 Å². The Bertz CT molecular complexity index is 9660. The Hall–Kier alpha value is -13.0. The zero-order valence-electron chi connectivity index (χ0n) is 60.0. The fourth-order valence-electron chi connectivity index (χ4n) is 31.2. The molecule has 1 N–H and O–H groups in total.